The Hall–Kier alpha value is 0.140. The largest absolute Gasteiger partial charge is 0.388 e. The van der Waals surface area contributed by atoms with E-state index in [0.717, 1.165) is 22.9 Å². The van der Waals surface area contributed by atoms with Crippen molar-refractivity contribution in [3.05, 3.63) is 20.8 Å². The van der Waals surface area contributed by atoms with Crippen molar-refractivity contribution in [1.82, 2.24) is 0 Å². The van der Waals surface area contributed by atoms with Gasteiger partial charge in [-0.25, -0.2) is 0 Å². The van der Waals surface area contributed by atoms with Crippen LogP contribution in [0.2, 0.25) is 0 Å². The van der Waals surface area contributed by atoms with Crippen LogP contribution in [0.4, 0.5) is 0 Å². The van der Waals surface area contributed by atoms with Crippen LogP contribution in [0.3, 0.4) is 0 Å². The monoisotopic (exact) mass is 262 g/mol. The van der Waals surface area contributed by atoms with Crippen LogP contribution in [-0.4, -0.2) is 5.11 Å². The first-order valence-electron chi connectivity index (χ1n) is 4.65. The third-order valence-corrected chi connectivity index (χ3v) is 3.83. The fourth-order valence-corrected chi connectivity index (χ4v) is 2.88. The summed E-state index contributed by atoms with van der Waals surface area (Å²) in [6.07, 6.45) is 4.12. The molecule has 0 spiro atoms. The maximum Gasteiger partial charge on any atom is 0.0809 e. The van der Waals surface area contributed by atoms with E-state index in [1.807, 2.05) is 10.8 Å². The maximum atomic E-state index is 9.79. The summed E-state index contributed by atoms with van der Waals surface area (Å²) in [5, 5.41) is 13.8. The molecule has 1 N–H and O–H groups in total. The normalized spacial score (nSPS) is 13.2. The Bertz CT molecular complexity index is 247. The Morgan fingerprint density at radius 3 is 2.77 bits per heavy atom. The summed E-state index contributed by atoms with van der Waals surface area (Å²) in [6, 6.07) is 0. The van der Waals surface area contributed by atoms with Crippen molar-refractivity contribution in [2.24, 2.45) is 0 Å². The van der Waals surface area contributed by atoms with Crippen molar-refractivity contribution in [3.8, 4) is 0 Å². The van der Waals surface area contributed by atoms with Gasteiger partial charge in [-0.05, 0) is 27.7 Å². The molecule has 0 aromatic carbocycles. The second kappa shape index (κ2) is 5.78. The second-order valence-corrected chi connectivity index (χ2v) is 4.78. The van der Waals surface area contributed by atoms with Gasteiger partial charge in [0.05, 0.1) is 6.10 Å². The van der Waals surface area contributed by atoms with Crippen LogP contribution in [0.15, 0.2) is 15.2 Å². The molecule has 1 nitrogen and oxygen atoms in total. The third-order valence-electron chi connectivity index (χ3n) is 2.08. The number of halogens is 1. The molecule has 0 aliphatic carbocycles. The lowest BCUT2D eigenvalue weighted by molar-refractivity contribution is 0.163. The second-order valence-electron chi connectivity index (χ2n) is 3.19. The minimum Gasteiger partial charge on any atom is -0.388 e. The molecular weight excluding hydrogens is 248 g/mol. The highest BCUT2D eigenvalue weighted by Crippen LogP contribution is 2.30. The number of thiophene rings is 1. The first kappa shape index (κ1) is 11.2. The molecule has 1 atom stereocenters. The maximum absolute atomic E-state index is 9.79. The number of aliphatic hydroxyl groups is 1. The first-order valence-corrected chi connectivity index (χ1v) is 6.39. The van der Waals surface area contributed by atoms with E-state index in [9.17, 15) is 5.11 Å². The molecule has 0 saturated carbocycles. The molecule has 0 fully saturated rings. The van der Waals surface area contributed by atoms with Gasteiger partial charge in [-0.1, -0.05) is 26.2 Å². The average molecular weight is 263 g/mol. The van der Waals surface area contributed by atoms with Crippen LogP contribution in [-0.2, 0) is 0 Å². The topological polar surface area (TPSA) is 20.2 Å². The number of unbranched alkanes of at least 4 members (excludes halogenated alkanes) is 2. The van der Waals surface area contributed by atoms with Gasteiger partial charge in [0.1, 0.15) is 0 Å². The van der Waals surface area contributed by atoms with E-state index in [0.29, 0.717) is 0 Å². The molecular formula is C10H15BrOS. The van der Waals surface area contributed by atoms with Gasteiger partial charge in [0.15, 0.2) is 0 Å². The van der Waals surface area contributed by atoms with E-state index in [1.165, 1.54) is 12.8 Å². The zero-order valence-corrected chi connectivity index (χ0v) is 10.2. The lowest BCUT2D eigenvalue weighted by Gasteiger charge is -2.08. The van der Waals surface area contributed by atoms with E-state index >= 15 is 0 Å². The fraction of sp³-hybridized carbons (Fsp3) is 0.600. The minimum atomic E-state index is -0.285. The summed E-state index contributed by atoms with van der Waals surface area (Å²) in [5.74, 6) is 0. The predicted octanol–water partition coefficient (Wildman–Crippen LogP) is 4.12. The van der Waals surface area contributed by atoms with Crippen LogP contribution in [0.5, 0.6) is 0 Å². The van der Waals surface area contributed by atoms with E-state index in [-0.39, 0.29) is 6.10 Å². The minimum absolute atomic E-state index is 0.285. The summed E-state index contributed by atoms with van der Waals surface area (Å²) in [4.78, 5) is 0. The SMILES string of the molecule is CCCCCC(O)c1cscc1Br. The van der Waals surface area contributed by atoms with Crippen LogP contribution in [0, 0.1) is 0 Å². The van der Waals surface area contributed by atoms with Gasteiger partial charge in [0.25, 0.3) is 0 Å². The first-order chi connectivity index (χ1) is 6.25. The molecule has 0 saturated heterocycles. The highest BCUT2D eigenvalue weighted by Gasteiger charge is 2.10. The van der Waals surface area contributed by atoms with Crippen molar-refractivity contribution < 1.29 is 5.11 Å². The predicted molar refractivity (Wildman–Crippen MR) is 61.1 cm³/mol. The molecule has 1 heterocycles. The summed E-state index contributed by atoms with van der Waals surface area (Å²) >= 11 is 5.05. The van der Waals surface area contributed by atoms with Crippen LogP contribution in [0.25, 0.3) is 0 Å². The summed E-state index contributed by atoms with van der Waals surface area (Å²) < 4.78 is 1.04. The van der Waals surface area contributed by atoms with Crippen molar-refractivity contribution in [2.45, 2.75) is 38.7 Å². The Labute approximate surface area is 91.9 Å². The zero-order valence-electron chi connectivity index (χ0n) is 7.79. The number of rotatable bonds is 5. The van der Waals surface area contributed by atoms with Crippen LogP contribution in [0.1, 0.15) is 44.3 Å². The molecule has 3 heteroatoms. The smallest absolute Gasteiger partial charge is 0.0809 e. The summed E-state index contributed by atoms with van der Waals surface area (Å²) in [6.45, 7) is 2.17. The van der Waals surface area contributed by atoms with Crippen molar-refractivity contribution in [1.29, 1.82) is 0 Å². The molecule has 0 bridgehead atoms. The lowest BCUT2D eigenvalue weighted by Crippen LogP contribution is -1.95. The van der Waals surface area contributed by atoms with Crippen LogP contribution >= 0.6 is 27.3 Å². The van der Waals surface area contributed by atoms with E-state index in [4.69, 9.17) is 0 Å². The molecule has 13 heavy (non-hydrogen) atoms. The molecule has 1 rings (SSSR count). The number of hydrogen-bond acceptors (Lipinski definition) is 2. The van der Waals surface area contributed by atoms with Crippen molar-refractivity contribution >= 4 is 27.3 Å². The third kappa shape index (κ3) is 3.41. The number of hydrogen-bond donors (Lipinski definition) is 1. The molecule has 0 aliphatic rings. The number of aliphatic hydroxyl groups excluding tert-OH is 1. The molecule has 1 unspecified atom stereocenters. The van der Waals surface area contributed by atoms with Gasteiger partial charge in [-0.2, -0.15) is 11.3 Å². The molecule has 0 aliphatic heterocycles. The van der Waals surface area contributed by atoms with Crippen molar-refractivity contribution in [2.75, 3.05) is 0 Å². The highest BCUT2D eigenvalue weighted by molar-refractivity contribution is 9.10. The van der Waals surface area contributed by atoms with E-state index in [2.05, 4.69) is 22.9 Å². The molecule has 0 radical (unpaired) electrons. The molecule has 74 valence electrons. The standard InChI is InChI=1S/C10H15BrOS/c1-2-3-4-5-10(12)8-6-13-7-9(8)11/h6-7,10,12H,2-5H2,1H3. The van der Waals surface area contributed by atoms with E-state index < -0.39 is 0 Å². The Morgan fingerprint density at radius 2 is 2.23 bits per heavy atom. The lowest BCUT2D eigenvalue weighted by atomic mass is 10.1. The fourth-order valence-electron chi connectivity index (χ4n) is 1.27. The molecule has 0 amide bonds. The van der Waals surface area contributed by atoms with Gasteiger partial charge < -0.3 is 5.11 Å². The Balaban J connectivity index is 2.39. The Kier molecular flexibility index (Phi) is 4.99. The zero-order chi connectivity index (χ0) is 9.68. The van der Waals surface area contributed by atoms with Crippen LogP contribution < -0.4 is 0 Å². The average Bonchev–Trinajstić information content (AvgIpc) is 2.52. The van der Waals surface area contributed by atoms with Gasteiger partial charge in [0.2, 0.25) is 0 Å². The summed E-state index contributed by atoms with van der Waals surface area (Å²) in [5.41, 5.74) is 1.04. The molecule has 1 aromatic rings. The van der Waals surface area contributed by atoms with E-state index in [1.54, 1.807) is 11.3 Å². The Morgan fingerprint density at radius 1 is 1.46 bits per heavy atom. The highest BCUT2D eigenvalue weighted by atomic mass is 79.9. The van der Waals surface area contributed by atoms with Crippen molar-refractivity contribution in [3.63, 3.8) is 0 Å². The quantitative estimate of drug-likeness (QED) is 0.792. The molecule has 1 aromatic heterocycles. The summed E-state index contributed by atoms with van der Waals surface area (Å²) in [7, 11) is 0. The van der Waals surface area contributed by atoms with Gasteiger partial charge in [-0.15, -0.1) is 0 Å². The van der Waals surface area contributed by atoms with Gasteiger partial charge in [0, 0.05) is 15.4 Å². The van der Waals surface area contributed by atoms with Gasteiger partial charge in [-0.3, -0.25) is 0 Å². The van der Waals surface area contributed by atoms with Gasteiger partial charge >= 0.3 is 0 Å².